The summed E-state index contributed by atoms with van der Waals surface area (Å²) in [5, 5.41) is 7.74. The van der Waals surface area contributed by atoms with Crippen LogP contribution < -0.4 is 20.3 Å². The number of ether oxygens (including phenoxy) is 3. The standard InChI is InChI=1S/C29H32N6O3/c1-20(27-19-30-11-14-37-27)38-22-9-10-31-25(17-22)23-6-4-5-21-18-32-29(34-28(21)23)33-24-7-2-3-8-26(24)35-12-15-36-16-13-35/h2-10,17-18,20,27,30H,11-16,19H2,1H3,(H,32,33,34). The molecular weight excluding hydrogens is 480 g/mol. The van der Waals surface area contributed by atoms with Crippen LogP contribution >= 0.6 is 0 Å². The van der Waals surface area contributed by atoms with Gasteiger partial charge in [0, 0.05) is 55.6 Å². The predicted octanol–water partition coefficient (Wildman–Crippen LogP) is 4.03. The van der Waals surface area contributed by atoms with E-state index in [0.717, 1.165) is 78.7 Å². The van der Waals surface area contributed by atoms with Crippen LogP contribution in [-0.4, -0.2) is 73.2 Å². The first-order valence-electron chi connectivity index (χ1n) is 13.1. The molecule has 6 rings (SSSR count). The zero-order chi connectivity index (χ0) is 25.7. The van der Waals surface area contributed by atoms with Crippen molar-refractivity contribution in [2.75, 3.05) is 56.2 Å². The second-order valence-corrected chi connectivity index (χ2v) is 9.49. The molecule has 0 radical (unpaired) electrons. The summed E-state index contributed by atoms with van der Waals surface area (Å²) in [5.74, 6) is 1.29. The molecule has 2 saturated heterocycles. The minimum absolute atomic E-state index is 0.0136. The fraction of sp³-hybridized carbons (Fsp3) is 0.345. The number of morpholine rings is 2. The van der Waals surface area contributed by atoms with Crippen molar-refractivity contribution in [1.82, 2.24) is 20.3 Å². The number of benzene rings is 2. The maximum absolute atomic E-state index is 6.24. The lowest BCUT2D eigenvalue weighted by Gasteiger charge is -2.30. The number of pyridine rings is 1. The molecule has 0 saturated carbocycles. The first kappa shape index (κ1) is 24.5. The average Bonchev–Trinajstić information content (AvgIpc) is 2.98. The topological polar surface area (TPSA) is 93.7 Å². The highest BCUT2D eigenvalue weighted by Crippen LogP contribution is 2.31. The lowest BCUT2D eigenvalue weighted by molar-refractivity contribution is -0.0350. The lowest BCUT2D eigenvalue weighted by atomic mass is 10.1. The molecule has 9 heteroatoms. The monoisotopic (exact) mass is 512 g/mol. The number of anilines is 3. The molecule has 0 spiro atoms. The number of aromatic nitrogens is 3. The van der Waals surface area contributed by atoms with E-state index in [0.29, 0.717) is 12.6 Å². The molecule has 0 aliphatic carbocycles. The van der Waals surface area contributed by atoms with Gasteiger partial charge in [-0.3, -0.25) is 4.98 Å². The van der Waals surface area contributed by atoms with Gasteiger partial charge in [0.1, 0.15) is 18.0 Å². The Morgan fingerprint density at radius 3 is 2.82 bits per heavy atom. The number of rotatable bonds is 7. The van der Waals surface area contributed by atoms with E-state index >= 15 is 0 Å². The normalized spacial score (nSPS) is 18.8. The predicted molar refractivity (Wildman–Crippen MR) is 148 cm³/mol. The van der Waals surface area contributed by atoms with Crippen molar-refractivity contribution in [3.63, 3.8) is 0 Å². The van der Waals surface area contributed by atoms with Gasteiger partial charge in [0.25, 0.3) is 0 Å². The highest BCUT2D eigenvalue weighted by Gasteiger charge is 2.22. The quantitative estimate of drug-likeness (QED) is 0.381. The third kappa shape index (κ3) is 5.40. The van der Waals surface area contributed by atoms with E-state index in [2.05, 4.69) is 37.6 Å². The Labute approximate surface area is 222 Å². The zero-order valence-corrected chi connectivity index (χ0v) is 21.5. The highest BCUT2D eigenvalue weighted by atomic mass is 16.5. The number of nitrogens with zero attached hydrogens (tertiary/aromatic N) is 4. The van der Waals surface area contributed by atoms with Crippen molar-refractivity contribution in [2.24, 2.45) is 0 Å². The lowest BCUT2D eigenvalue weighted by Crippen LogP contribution is -2.46. The molecule has 2 aliphatic heterocycles. The molecule has 2 atom stereocenters. The summed E-state index contributed by atoms with van der Waals surface area (Å²) in [7, 11) is 0. The van der Waals surface area contributed by atoms with E-state index in [-0.39, 0.29) is 12.2 Å². The largest absolute Gasteiger partial charge is 0.488 e. The Morgan fingerprint density at radius 1 is 1.05 bits per heavy atom. The maximum atomic E-state index is 6.24. The molecule has 2 aromatic carbocycles. The van der Waals surface area contributed by atoms with E-state index < -0.39 is 0 Å². The van der Waals surface area contributed by atoms with Crippen LogP contribution in [0.25, 0.3) is 22.2 Å². The van der Waals surface area contributed by atoms with Gasteiger partial charge in [0.2, 0.25) is 5.95 Å². The molecule has 2 aromatic heterocycles. The molecular formula is C29H32N6O3. The SMILES string of the molecule is CC(Oc1ccnc(-c2cccc3cnc(Nc4ccccc4N4CCOCC4)nc23)c1)C1CNCCO1. The summed E-state index contributed by atoms with van der Waals surface area (Å²) in [6.45, 7) is 7.55. The van der Waals surface area contributed by atoms with Crippen molar-refractivity contribution in [1.29, 1.82) is 0 Å². The molecule has 0 amide bonds. The Hall–Kier alpha value is -3.79. The average molecular weight is 513 g/mol. The Bertz CT molecular complexity index is 1390. The summed E-state index contributed by atoms with van der Waals surface area (Å²) in [5.41, 5.74) is 4.62. The van der Waals surface area contributed by atoms with Crippen molar-refractivity contribution in [3.8, 4) is 17.0 Å². The minimum Gasteiger partial charge on any atom is -0.488 e. The molecule has 2 aliphatic rings. The second-order valence-electron chi connectivity index (χ2n) is 9.49. The van der Waals surface area contributed by atoms with Crippen LogP contribution in [0, 0.1) is 0 Å². The van der Waals surface area contributed by atoms with Crippen molar-refractivity contribution in [3.05, 3.63) is 67.0 Å². The summed E-state index contributed by atoms with van der Waals surface area (Å²) < 4.78 is 17.6. The Kier molecular flexibility index (Phi) is 7.30. The van der Waals surface area contributed by atoms with Crippen LogP contribution in [0.1, 0.15) is 6.92 Å². The van der Waals surface area contributed by atoms with Crippen molar-refractivity contribution >= 4 is 28.2 Å². The number of para-hydroxylation sites is 3. The second kappa shape index (κ2) is 11.3. The molecule has 9 nitrogen and oxygen atoms in total. The summed E-state index contributed by atoms with van der Waals surface area (Å²) in [4.78, 5) is 16.5. The van der Waals surface area contributed by atoms with E-state index in [4.69, 9.17) is 19.2 Å². The molecule has 2 N–H and O–H groups in total. The van der Waals surface area contributed by atoms with Gasteiger partial charge in [-0.15, -0.1) is 0 Å². The van der Waals surface area contributed by atoms with Crippen molar-refractivity contribution < 1.29 is 14.2 Å². The molecule has 38 heavy (non-hydrogen) atoms. The Balaban J connectivity index is 1.28. The molecule has 2 unspecified atom stereocenters. The van der Waals surface area contributed by atoms with Crippen LogP contribution in [0.2, 0.25) is 0 Å². The maximum Gasteiger partial charge on any atom is 0.227 e. The number of fused-ring (bicyclic) bond motifs is 1. The van der Waals surface area contributed by atoms with Crippen LogP contribution in [0.15, 0.2) is 67.0 Å². The number of hydrogen-bond donors (Lipinski definition) is 2. The summed E-state index contributed by atoms with van der Waals surface area (Å²) >= 11 is 0. The van der Waals surface area contributed by atoms with Gasteiger partial charge < -0.3 is 29.7 Å². The fourth-order valence-electron chi connectivity index (χ4n) is 4.91. The Morgan fingerprint density at radius 2 is 1.95 bits per heavy atom. The van der Waals surface area contributed by atoms with Gasteiger partial charge in [-0.1, -0.05) is 30.3 Å². The first-order chi connectivity index (χ1) is 18.7. The van der Waals surface area contributed by atoms with Crippen LogP contribution in [0.4, 0.5) is 17.3 Å². The van der Waals surface area contributed by atoms with Gasteiger partial charge in [-0.05, 0) is 25.1 Å². The fourth-order valence-corrected chi connectivity index (χ4v) is 4.91. The molecule has 0 bridgehead atoms. The molecule has 4 heterocycles. The summed E-state index contributed by atoms with van der Waals surface area (Å²) in [6.07, 6.45) is 3.55. The van der Waals surface area contributed by atoms with Crippen LogP contribution in [0.5, 0.6) is 5.75 Å². The van der Waals surface area contributed by atoms with E-state index in [1.54, 1.807) is 6.20 Å². The zero-order valence-electron chi connectivity index (χ0n) is 21.5. The van der Waals surface area contributed by atoms with Gasteiger partial charge in [0.05, 0.1) is 42.4 Å². The number of nitrogens with one attached hydrogen (secondary N) is 2. The van der Waals surface area contributed by atoms with Gasteiger partial charge in [-0.25, -0.2) is 9.97 Å². The molecule has 2 fully saturated rings. The van der Waals surface area contributed by atoms with Gasteiger partial charge >= 0.3 is 0 Å². The first-order valence-corrected chi connectivity index (χ1v) is 13.1. The van der Waals surface area contributed by atoms with Crippen LogP contribution in [0.3, 0.4) is 0 Å². The van der Waals surface area contributed by atoms with Gasteiger partial charge in [-0.2, -0.15) is 0 Å². The van der Waals surface area contributed by atoms with E-state index in [1.807, 2.05) is 55.6 Å². The smallest absolute Gasteiger partial charge is 0.227 e. The third-order valence-electron chi connectivity index (χ3n) is 6.92. The van der Waals surface area contributed by atoms with Crippen molar-refractivity contribution in [2.45, 2.75) is 19.1 Å². The number of hydrogen-bond acceptors (Lipinski definition) is 9. The van der Waals surface area contributed by atoms with E-state index in [9.17, 15) is 0 Å². The highest BCUT2D eigenvalue weighted by molar-refractivity contribution is 5.93. The summed E-state index contributed by atoms with van der Waals surface area (Å²) in [6, 6.07) is 18.1. The molecule has 196 valence electrons. The minimum atomic E-state index is -0.0878. The van der Waals surface area contributed by atoms with Crippen LogP contribution in [-0.2, 0) is 9.47 Å². The third-order valence-corrected chi connectivity index (χ3v) is 6.92. The van der Waals surface area contributed by atoms with Gasteiger partial charge in [0.15, 0.2) is 0 Å². The van der Waals surface area contributed by atoms with E-state index in [1.165, 1.54) is 0 Å². The molecule has 4 aromatic rings.